The van der Waals surface area contributed by atoms with Gasteiger partial charge >= 0.3 is 0 Å². The molecule has 0 bridgehead atoms. The minimum atomic E-state index is -0.391. The molecule has 0 aliphatic heterocycles. The third-order valence-corrected chi connectivity index (χ3v) is 3.79. The van der Waals surface area contributed by atoms with Gasteiger partial charge < -0.3 is 10.4 Å². The van der Waals surface area contributed by atoms with E-state index in [9.17, 15) is 5.11 Å². The molecule has 0 spiro atoms. The average molecular weight is 203 g/mol. The van der Waals surface area contributed by atoms with Gasteiger partial charge in [-0.25, -0.2) is 0 Å². The van der Waals surface area contributed by atoms with Crippen molar-refractivity contribution in [3.63, 3.8) is 0 Å². The van der Waals surface area contributed by atoms with Gasteiger partial charge in [-0.1, -0.05) is 19.8 Å². The summed E-state index contributed by atoms with van der Waals surface area (Å²) in [6.45, 7) is 3.98. The second kappa shape index (κ2) is 5.23. The average Bonchev–Trinajstić information content (AvgIpc) is 2.52. The number of hydrogen-bond donors (Lipinski definition) is 2. The Balaban J connectivity index is 2.11. The van der Waals surface area contributed by atoms with Crippen LogP contribution in [0.3, 0.4) is 0 Å². The summed E-state index contributed by atoms with van der Waals surface area (Å²) < 4.78 is 0. The maximum atomic E-state index is 10.0. The maximum Gasteiger partial charge on any atom is 0.0771 e. The number of thioether (sulfide) groups is 1. The molecule has 2 nitrogen and oxygen atoms in total. The highest BCUT2D eigenvalue weighted by atomic mass is 32.2. The molecule has 1 unspecified atom stereocenters. The van der Waals surface area contributed by atoms with Gasteiger partial charge in [-0.15, -0.1) is 0 Å². The molecule has 0 aromatic heterocycles. The van der Waals surface area contributed by atoms with Crippen molar-refractivity contribution in [3.05, 3.63) is 0 Å². The Morgan fingerprint density at radius 1 is 1.46 bits per heavy atom. The van der Waals surface area contributed by atoms with Crippen LogP contribution >= 0.6 is 11.8 Å². The van der Waals surface area contributed by atoms with Crippen LogP contribution in [-0.2, 0) is 0 Å². The molecule has 0 saturated heterocycles. The largest absolute Gasteiger partial charge is 0.389 e. The second-order valence-corrected chi connectivity index (χ2v) is 5.38. The molecule has 78 valence electrons. The predicted molar refractivity (Wildman–Crippen MR) is 59.3 cm³/mol. The fourth-order valence-electron chi connectivity index (χ4n) is 1.80. The van der Waals surface area contributed by atoms with Crippen molar-refractivity contribution >= 4 is 11.8 Å². The molecule has 1 aliphatic rings. The highest BCUT2D eigenvalue weighted by Crippen LogP contribution is 2.28. The predicted octanol–water partition coefficient (Wildman–Crippen LogP) is 1.63. The van der Waals surface area contributed by atoms with E-state index in [1.54, 1.807) is 0 Å². The van der Waals surface area contributed by atoms with Crippen molar-refractivity contribution in [3.8, 4) is 0 Å². The molecule has 2 N–H and O–H groups in total. The van der Waals surface area contributed by atoms with Gasteiger partial charge in [0, 0.05) is 18.3 Å². The Morgan fingerprint density at radius 3 is 2.62 bits per heavy atom. The monoisotopic (exact) mass is 203 g/mol. The van der Waals surface area contributed by atoms with Crippen molar-refractivity contribution in [2.75, 3.05) is 19.3 Å². The van der Waals surface area contributed by atoms with E-state index < -0.39 is 5.60 Å². The molecule has 1 fully saturated rings. The van der Waals surface area contributed by atoms with E-state index in [4.69, 9.17) is 0 Å². The lowest BCUT2D eigenvalue weighted by molar-refractivity contribution is 0.0481. The second-order valence-electron chi connectivity index (χ2n) is 4.11. The van der Waals surface area contributed by atoms with Crippen LogP contribution in [0.5, 0.6) is 0 Å². The van der Waals surface area contributed by atoms with Crippen LogP contribution in [0.25, 0.3) is 0 Å². The summed E-state index contributed by atoms with van der Waals surface area (Å²) in [5.74, 6) is 0. The van der Waals surface area contributed by atoms with E-state index >= 15 is 0 Å². The highest BCUT2D eigenvalue weighted by Gasteiger charge is 2.30. The lowest BCUT2D eigenvalue weighted by Gasteiger charge is -2.23. The topological polar surface area (TPSA) is 32.3 Å². The fourth-order valence-corrected chi connectivity index (χ4v) is 2.09. The number of aliphatic hydroxyl groups is 1. The van der Waals surface area contributed by atoms with Gasteiger partial charge in [0.25, 0.3) is 0 Å². The first kappa shape index (κ1) is 11.3. The summed E-state index contributed by atoms with van der Waals surface area (Å²) in [6.07, 6.45) is 6.46. The van der Waals surface area contributed by atoms with Gasteiger partial charge in [0.2, 0.25) is 0 Å². The summed E-state index contributed by atoms with van der Waals surface area (Å²) in [6, 6.07) is 0. The van der Waals surface area contributed by atoms with E-state index in [2.05, 4.69) is 18.5 Å². The van der Waals surface area contributed by atoms with Crippen LogP contribution < -0.4 is 5.32 Å². The molecule has 13 heavy (non-hydrogen) atoms. The normalized spacial score (nSPS) is 23.3. The van der Waals surface area contributed by atoms with Gasteiger partial charge in [0.05, 0.1) is 5.60 Å². The summed E-state index contributed by atoms with van der Waals surface area (Å²) in [5, 5.41) is 14.0. The van der Waals surface area contributed by atoms with E-state index in [-0.39, 0.29) is 0 Å². The summed E-state index contributed by atoms with van der Waals surface area (Å²) in [4.78, 5) is 0. The molecule has 0 heterocycles. The third kappa shape index (κ3) is 3.88. The standard InChI is InChI=1S/C10H21NOS/c1-9(13-2)7-11-8-10(12)5-3-4-6-10/h9,11-12H,3-8H2,1-2H3. The van der Waals surface area contributed by atoms with Crippen LogP contribution in [0, 0.1) is 0 Å². The quantitative estimate of drug-likeness (QED) is 0.712. The van der Waals surface area contributed by atoms with E-state index in [1.807, 2.05) is 11.8 Å². The molecule has 0 radical (unpaired) electrons. The first-order chi connectivity index (χ1) is 6.16. The van der Waals surface area contributed by atoms with Crippen LogP contribution in [-0.4, -0.2) is 35.3 Å². The molecule has 0 aromatic carbocycles. The van der Waals surface area contributed by atoms with Gasteiger partial charge in [0.15, 0.2) is 0 Å². The Hall–Kier alpha value is 0.270. The molecule has 0 amide bonds. The summed E-state index contributed by atoms with van der Waals surface area (Å²) >= 11 is 1.86. The van der Waals surface area contributed by atoms with E-state index in [0.29, 0.717) is 5.25 Å². The number of rotatable bonds is 5. The number of nitrogens with one attached hydrogen (secondary N) is 1. The Morgan fingerprint density at radius 2 is 2.08 bits per heavy atom. The van der Waals surface area contributed by atoms with Gasteiger partial charge in [0.1, 0.15) is 0 Å². The molecule has 3 heteroatoms. The van der Waals surface area contributed by atoms with E-state index in [1.165, 1.54) is 12.8 Å². The zero-order chi connectivity index (χ0) is 9.73. The lowest BCUT2D eigenvalue weighted by Crippen LogP contribution is -2.39. The Bertz CT molecular complexity index is 146. The highest BCUT2D eigenvalue weighted by molar-refractivity contribution is 7.99. The zero-order valence-corrected chi connectivity index (χ0v) is 9.49. The third-order valence-electron chi connectivity index (χ3n) is 2.82. The molecular formula is C10H21NOS. The zero-order valence-electron chi connectivity index (χ0n) is 8.68. The summed E-state index contributed by atoms with van der Waals surface area (Å²) in [5.41, 5.74) is -0.391. The number of hydrogen-bond acceptors (Lipinski definition) is 3. The fraction of sp³-hybridized carbons (Fsp3) is 1.00. The molecule has 1 saturated carbocycles. The van der Waals surface area contributed by atoms with Crippen molar-refractivity contribution in [2.24, 2.45) is 0 Å². The Labute approximate surface area is 85.5 Å². The van der Waals surface area contributed by atoms with Crippen LogP contribution in [0.15, 0.2) is 0 Å². The molecule has 0 aromatic rings. The van der Waals surface area contributed by atoms with Gasteiger partial charge in [-0.05, 0) is 19.1 Å². The summed E-state index contributed by atoms with van der Waals surface area (Å²) in [7, 11) is 0. The van der Waals surface area contributed by atoms with Crippen molar-refractivity contribution in [1.29, 1.82) is 0 Å². The maximum absolute atomic E-state index is 10.0. The first-order valence-corrected chi connectivity index (χ1v) is 6.41. The van der Waals surface area contributed by atoms with Crippen LogP contribution in [0.1, 0.15) is 32.6 Å². The van der Waals surface area contributed by atoms with Gasteiger partial charge in [-0.2, -0.15) is 11.8 Å². The molecule has 1 atom stereocenters. The van der Waals surface area contributed by atoms with E-state index in [0.717, 1.165) is 25.9 Å². The van der Waals surface area contributed by atoms with Crippen molar-refractivity contribution in [2.45, 2.75) is 43.5 Å². The molecule has 1 rings (SSSR count). The lowest BCUT2D eigenvalue weighted by atomic mass is 10.0. The molecular weight excluding hydrogens is 182 g/mol. The first-order valence-electron chi connectivity index (χ1n) is 5.12. The Kier molecular flexibility index (Phi) is 4.56. The minimum absolute atomic E-state index is 0.391. The van der Waals surface area contributed by atoms with Gasteiger partial charge in [-0.3, -0.25) is 0 Å². The SMILES string of the molecule is CSC(C)CNCC1(O)CCCC1. The van der Waals surface area contributed by atoms with Crippen molar-refractivity contribution in [1.82, 2.24) is 5.32 Å². The minimum Gasteiger partial charge on any atom is -0.389 e. The molecule has 1 aliphatic carbocycles. The van der Waals surface area contributed by atoms with Crippen LogP contribution in [0.2, 0.25) is 0 Å². The van der Waals surface area contributed by atoms with Crippen molar-refractivity contribution < 1.29 is 5.11 Å². The smallest absolute Gasteiger partial charge is 0.0771 e. The van der Waals surface area contributed by atoms with Crippen LogP contribution in [0.4, 0.5) is 0 Å².